The summed E-state index contributed by atoms with van der Waals surface area (Å²) in [6.07, 6.45) is 7.18. The Balaban J connectivity index is 1.75. The monoisotopic (exact) mass is 267 g/mol. The Labute approximate surface area is 113 Å². The number of pyridine rings is 1. The molecule has 0 saturated carbocycles. The molecule has 0 spiro atoms. The van der Waals surface area contributed by atoms with Crippen molar-refractivity contribution >= 4 is 11.7 Å². The van der Waals surface area contributed by atoms with E-state index in [-0.39, 0.29) is 5.76 Å². The van der Waals surface area contributed by atoms with Crippen LogP contribution >= 0.6 is 0 Å². The molecule has 0 aromatic carbocycles. The first-order valence-corrected chi connectivity index (χ1v) is 5.76. The molecule has 3 aromatic rings. The van der Waals surface area contributed by atoms with Crippen LogP contribution in [0, 0.1) is 0 Å². The van der Waals surface area contributed by atoms with Gasteiger partial charge in [-0.25, -0.2) is 15.0 Å². The molecule has 1 amide bonds. The van der Waals surface area contributed by atoms with Crippen LogP contribution in [-0.2, 0) is 0 Å². The maximum Gasteiger partial charge on any atom is 0.294 e. The zero-order valence-corrected chi connectivity index (χ0v) is 10.2. The van der Waals surface area contributed by atoms with E-state index in [0.29, 0.717) is 17.2 Å². The average molecular weight is 267 g/mol. The molecule has 0 aliphatic rings. The minimum absolute atomic E-state index is 0.112. The number of hydrogen-bond acceptors (Lipinski definition) is 6. The number of nitrogens with one attached hydrogen (secondary N) is 1. The summed E-state index contributed by atoms with van der Waals surface area (Å²) in [5, 5.41) is 2.56. The fraction of sp³-hybridized carbons (Fsp3) is 0. The standard InChI is InChI=1S/C13H9N5O2/c19-13(11-6-14-8-20-11)18-12-7-16-10(5-17-12)9-3-1-2-4-15-9/h1-8H,(H,17,18,19). The summed E-state index contributed by atoms with van der Waals surface area (Å²) in [7, 11) is 0. The fourth-order valence-electron chi connectivity index (χ4n) is 1.54. The molecule has 0 atom stereocenters. The minimum atomic E-state index is -0.428. The summed E-state index contributed by atoms with van der Waals surface area (Å²) < 4.78 is 4.88. The van der Waals surface area contributed by atoms with Gasteiger partial charge in [0.2, 0.25) is 5.76 Å². The molecule has 0 aliphatic heterocycles. The first kappa shape index (κ1) is 12.0. The molecule has 7 heteroatoms. The van der Waals surface area contributed by atoms with Crippen molar-refractivity contribution in [2.75, 3.05) is 5.32 Å². The van der Waals surface area contributed by atoms with Gasteiger partial charge in [-0.05, 0) is 12.1 Å². The Bertz CT molecular complexity index is 695. The highest BCUT2D eigenvalue weighted by Gasteiger charge is 2.10. The lowest BCUT2D eigenvalue weighted by Gasteiger charge is -2.03. The lowest BCUT2D eigenvalue weighted by Crippen LogP contribution is -2.12. The van der Waals surface area contributed by atoms with Gasteiger partial charge in [0, 0.05) is 6.20 Å². The number of rotatable bonds is 3. The van der Waals surface area contributed by atoms with Gasteiger partial charge in [-0.15, -0.1) is 0 Å². The van der Waals surface area contributed by atoms with Crippen LogP contribution in [0.1, 0.15) is 10.6 Å². The van der Waals surface area contributed by atoms with Crippen molar-refractivity contribution in [2.45, 2.75) is 0 Å². The summed E-state index contributed by atoms with van der Waals surface area (Å²) in [6.45, 7) is 0. The van der Waals surface area contributed by atoms with E-state index < -0.39 is 5.91 Å². The Morgan fingerprint density at radius 2 is 2.00 bits per heavy atom. The molecule has 0 unspecified atom stereocenters. The van der Waals surface area contributed by atoms with E-state index in [1.54, 1.807) is 12.4 Å². The summed E-state index contributed by atoms with van der Waals surface area (Å²) in [6, 6.07) is 5.52. The molecule has 3 aromatic heterocycles. The molecule has 0 fully saturated rings. The molecule has 3 heterocycles. The first-order valence-electron chi connectivity index (χ1n) is 5.76. The highest BCUT2D eigenvalue weighted by molar-refractivity contribution is 6.01. The Kier molecular flexibility index (Phi) is 3.15. The first-order chi connectivity index (χ1) is 9.83. The lowest BCUT2D eigenvalue weighted by molar-refractivity contribution is 0.0996. The fourth-order valence-corrected chi connectivity index (χ4v) is 1.54. The smallest absolute Gasteiger partial charge is 0.294 e. The van der Waals surface area contributed by atoms with E-state index in [1.807, 2.05) is 18.2 Å². The average Bonchev–Trinajstić information content (AvgIpc) is 3.03. The number of aromatic nitrogens is 4. The van der Waals surface area contributed by atoms with Crippen LogP contribution in [0.2, 0.25) is 0 Å². The molecule has 20 heavy (non-hydrogen) atoms. The molecule has 7 nitrogen and oxygen atoms in total. The van der Waals surface area contributed by atoms with Crippen LogP contribution in [0.4, 0.5) is 5.82 Å². The highest BCUT2D eigenvalue weighted by Crippen LogP contribution is 2.13. The van der Waals surface area contributed by atoms with Gasteiger partial charge in [0.05, 0.1) is 24.3 Å². The van der Waals surface area contributed by atoms with E-state index >= 15 is 0 Å². The highest BCUT2D eigenvalue weighted by atomic mass is 16.3. The van der Waals surface area contributed by atoms with Crippen LogP contribution < -0.4 is 5.32 Å². The van der Waals surface area contributed by atoms with Crippen LogP contribution in [0.3, 0.4) is 0 Å². The topological polar surface area (TPSA) is 93.8 Å². The molecule has 0 radical (unpaired) electrons. The minimum Gasteiger partial charge on any atom is -0.438 e. The summed E-state index contributed by atoms with van der Waals surface area (Å²) in [5.41, 5.74) is 1.34. The second-order valence-electron chi connectivity index (χ2n) is 3.82. The van der Waals surface area contributed by atoms with E-state index in [0.717, 1.165) is 0 Å². The predicted octanol–water partition coefficient (Wildman–Crippen LogP) is 1.78. The number of carbonyl (C=O) groups is 1. The van der Waals surface area contributed by atoms with Gasteiger partial charge in [-0.1, -0.05) is 6.07 Å². The van der Waals surface area contributed by atoms with Crippen molar-refractivity contribution in [3.05, 3.63) is 55.1 Å². The second-order valence-corrected chi connectivity index (χ2v) is 3.82. The summed E-state index contributed by atoms with van der Waals surface area (Å²) in [5.74, 6) is 0.00840. The van der Waals surface area contributed by atoms with E-state index in [1.165, 1.54) is 18.8 Å². The zero-order chi connectivity index (χ0) is 13.8. The van der Waals surface area contributed by atoms with Crippen molar-refractivity contribution < 1.29 is 9.21 Å². The Morgan fingerprint density at radius 3 is 2.65 bits per heavy atom. The van der Waals surface area contributed by atoms with Crippen molar-refractivity contribution in [1.29, 1.82) is 0 Å². The number of oxazole rings is 1. The molecule has 0 bridgehead atoms. The molecular weight excluding hydrogens is 258 g/mol. The van der Waals surface area contributed by atoms with Crippen LogP contribution in [-0.4, -0.2) is 25.8 Å². The van der Waals surface area contributed by atoms with Gasteiger partial charge in [-0.3, -0.25) is 9.78 Å². The Morgan fingerprint density at radius 1 is 1.05 bits per heavy atom. The van der Waals surface area contributed by atoms with Gasteiger partial charge in [-0.2, -0.15) is 0 Å². The second kappa shape index (κ2) is 5.27. The third-order valence-corrected chi connectivity index (χ3v) is 2.48. The SMILES string of the molecule is O=C(Nc1cnc(-c2ccccn2)cn1)c1cnco1. The summed E-state index contributed by atoms with van der Waals surface area (Å²) in [4.78, 5) is 27.8. The quantitative estimate of drug-likeness (QED) is 0.777. The van der Waals surface area contributed by atoms with Crippen LogP contribution in [0.5, 0.6) is 0 Å². The normalized spacial score (nSPS) is 10.2. The number of anilines is 1. The van der Waals surface area contributed by atoms with Gasteiger partial charge in [0.15, 0.2) is 12.2 Å². The number of carbonyl (C=O) groups excluding carboxylic acids is 1. The molecule has 0 aliphatic carbocycles. The molecule has 3 rings (SSSR count). The Hall–Kier alpha value is -3.09. The maximum atomic E-state index is 11.7. The third kappa shape index (κ3) is 2.51. The lowest BCUT2D eigenvalue weighted by atomic mass is 10.3. The van der Waals surface area contributed by atoms with Gasteiger partial charge in [0.25, 0.3) is 5.91 Å². The summed E-state index contributed by atoms with van der Waals surface area (Å²) >= 11 is 0. The maximum absolute atomic E-state index is 11.7. The number of hydrogen-bond donors (Lipinski definition) is 1. The van der Waals surface area contributed by atoms with Crippen molar-refractivity contribution in [2.24, 2.45) is 0 Å². The largest absolute Gasteiger partial charge is 0.438 e. The van der Waals surface area contributed by atoms with Crippen molar-refractivity contribution in [3.63, 3.8) is 0 Å². The van der Waals surface area contributed by atoms with E-state index in [2.05, 4.69) is 25.3 Å². The van der Waals surface area contributed by atoms with E-state index in [4.69, 9.17) is 4.42 Å². The van der Waals surface area contributed by atoms with Gasteiger partial charge < -0.3 is 9.73 Å². The molecule has 0 saturated heterocycles. The molecule has 1 N–H and O–H groups in total. The molecule has 98 valence electrons. The molecular formula is C13H9N5O2. The third-order valence-electron chi connectivity index (χ3n) is 2.48. The predicted molar refractivity (Wildman–Crippen MR) is 69.7 cm³/mol. The number of nitrogens with zero attached hydrogens (tertiary/aromatic N) is 4. The van der Waals surface area contributed by atoms with Crippen molar-refractivity contribution in [3.8, 4) is 11.4 Å². The zero-order valence-electron chi connectivity index (χ0n) is 10.2. The van der Waals surface area contributed by atoms with Crippen LogP contribution in [0.15, 0.2) is 53.8 Å². The van der Waals surface area contributed by atoms with Crippen LogP contribution in [0.25, 0.3) is 11.4 Å². The van der Waals surface area contributed by atoms with Crippen molar-refractivity contribution in [1.82, 2.24) is 19.9 Å². The van der Waals surface area contributed by atoms with E-state index in [9.17, 15) is 4.79 Å². The van der Waals surface area contributed by atoms with Gasteiger partial charge in [0.1, 0.15) is 5.69 Å². The number of amides is 1. The van der Waals surface area contributed by atoms with Gasteiger partial charge >= 0.3 is 0 Å².